The summed E-state index contributed by atoms with van der Waals surface area (Å²) in [6, 6.07) is 2.52. The molecule has 0 bridgehead atoms. The summed E-state index contributed by atoms with van der Waals surface area (Å²) in [5.41, 5.74) is 8.33. The van der Waals surface area contributed by atoms with Gasteiger partial charge < -0.3 is 5.73 Å². The van der Waals surface area contributed by atoms with Crippen molar-refractivity contribution in [3.63, 3.8) is 0 Å². The molecule has 0 radical (unpaired) electrons. The van der Waals surface area contributed by atoms with Crippen LogP contribution < -0.4 is 5.73 Å². The lowest BCUT2D eigenvalue weighted by atomic mass is 9.92. The van der Waals surface area contributed by atoms with Gasteiger partial charge in [-0.3, -0.25) is 10.00 Å². The number of rotatable bonds is 2. The van der Waals surface area contributed by atoms with Crippen molar-refractivity contribution in [2.75, 3.05) is 13.1 Å². The number of aromatic amines is 1. The van der Waals surface area contributed by atoms with Crippen LogP contribution in [0.1, 0.15) is 38.6 Å². The van der Waals surface area contributed by atoms with Gasteiger partial charge in [0, 0.05) is 36.8 Å². The lowest BCUT2D eigenvalue weighted by Gasteiger charge is -2.14. The largest absolute Gasteiger partial charge is 0.326 e. The predicted octanol–water partition coefficient (Wildman–Crippen LogP) is 1.24. The number of likely N-dealkylation sites (tertiary alicyclic amines) is 1. The fraction of sp³-hybridized carbons (Fsp3) is 0.750. The molecule has 1 aromatic heterocycles. The lowest BCUT2D eigenvalue weighted by Crippen LogP contribution is -2.26. The van der Waals surface area contributed by atoms with Crippen molar-refractivity contribution >= 4 is 0 Å². The molecule has 3 N–H and O–H groups in total. The molecule has 16 heavy (non-hydrogen) atoms. The molecule has 90 valence electrons. The first-order valence-electron chi connectivity index (χ1n) is 5.98. The minimum Gasteiger partial charge on any atom is -0.326 e. The molecular formula is C12H22N4. The molecule has 1 fully saturated rings. The average Bonchev–Trinajstić information content (AvgIpc) is 2.74. The third-order valence-corrected chi connectivity index (χ3v) is 3.10. The maximum Gasteiger partial charge on any atom is 0.0678 e. The number of aromatic nitrogens is 2. The highest BCUT2D eigenvalue weighted by atomic mass is 15.2. The summed E-state index contributed by atoms with van der Waals surface area (Å²) in [5, 5.41) is 7.49. The third kappa shape index (κ3) is 2.62. The fourth-order valence-corrected chi connectivity index (χ4v) is 2.07. The molecule has 0 aromatic carbocycles. The van der Waals surface area contributed by atoms with Gasteiger partial charge >= 0.3 is 0 Å². The monoisotopic (exact) mass is 222 g/mol. The van der Waals surface area contributed by atoms with Crippen molar-refractivity contribution in [2.24, 2.45) is 5.73 Å². The molecule has 4 nitrogen and oxygen atoms in total. The molecule has 1 aliphatic rings. The number of hydrogen-bond donors (Lipinski definition) is 2. The zero-order chi connectivity index (χ0) is 11.8. The van der Waals surface area contributed by atoms with Crippen molar-refractivity contribution in [1.29, 1.82) is 0 Å². The standard InChI is InChI=1S/C12H22N4/c1-12(2,3)11-6-10(14-15-11)8-16-5-4-9(13)7-16/h6,9H,4-5,7-8,13H2,1-3H3,(H,14,15). The molecule has 0 aliphatic carbocycles. The van der Waals surface area contributed by atoms with Gasteiger partial charge in [0.2, 0.25) is 0 Å². The predicted molar refractivity (Wildman–Crippen MR) is 65.2 cm³/mol. The molecule has 1 saturated heterocycles. The van der Waals surface area contributed by atoms with Gasteiger partial charge in [0.25, 0.3) is 0 Å². The fourth-order valence-electron chi connectivity index (χ4n) is 2.07. The second-order valence-corrected chi connectivity index (χ2v) is 5.81. The van der Waals surface area contributed by atoms with Crippen LogP contribution in [0.15, 0.2) is 6.07 Å². The SMILES string of the molecule is CC(C)(C)c1cc(CN2CCC(N)C2)[nH]n1. The third-order valence-electron chi connectivity index (χ3n) is 3.10. The highest BCUT2D eigenvalue weighted by Crippen LogP contribution is 2.21. The minimum absolute atomic E-state index is 0.121. The first-order chi connectivity index (χ1) is 7.45. The topological polar surface area (TPSA) is 57.9 Å². The first-order valence-corrected chi connectivity index (χ1v) is 5.98. The van der Waals surface area contributed by atoms with Gasteiger partial charge in [0.15, 0.2) is 0 Å². The van der Waals surface area contributed by atoms with Crippen molar-refractivity contribution in [3.05, 3.63) is 17.5 Å². The number of nitrogens with one attached hydrogen (secondary N) is 1. The van der Waals surface area contributed by atoms with Crippen LogP contribution in [0.5, 0.6) is 0 Å². The smallest absolute Gasteiger partial charge is 0.0678 e. The van der Waals surface area contributed by atoms with E-state index in [1.54, 1.807) is 0 Å². The van der Waals surface area contributed by atoms with E-state index in [0.717, 1.165) is 31.7 Å². The molecule has 1 aliphatic heterocycles. The van der Waals surface area contributed by atoms with Crippen molar-refractivity contribution in [1.82, 2.24) is 15.1 Å². The molecule has 0 spiro atoms. The summed E-state index contributed by atoms with van der Waals surface area (Å²) < 4.78 is 0. The first kappa shape index (κ1) is 11.6. The van der Waals surface area contributed by atoms with Crippen LogP contribution in [-0.4, -0.2) is 34.2 Å². The van der Waals surface area contributed by atoms with Gasteiger partial charge in [-0.2, -0.15) is 5.10 Å². The van der Waals surface area contributed by atoms with E-state index in [1.807, 2.05) is 0 Å². The van der Waals surface area contributed by atoms with Crippen LogP contribution in [0.25, 0.3) is 0 Å². The molecule has 4 heteroatoms. The normalized spacial score (nSPS) is 22.9. The summed E-state index contributed by atoms with van der Waals surface area (Å²) >= 11 is 0. The maximum atomic E-state index is 5.89. The number of hydrogen-bond acceptors (Lipinski definition) is 3. The van der Waals surface area contributed by atoms with Crippen LogP contribution in [0.3, 0.4) is 0 Å². The Labute approximate surface area is 97.2 Å². The second kappa shape index (κ2) is 4.18. The minimum atomic E-state index is 0.121. The highest BCUT2D eigenvalue weighted by molar-refractivity contribution is 5.16. The molecular weight excluding hydrogens is 200 g/mol. The number of nitrogens with two attached hydrogens (primary N) is 1. The highest BCUT2D eigenvalue weighted by Gasteiger charge is 2.21. The van der Waals surface area contributed by atoms with E-state index in [-0.39, 0.29) is 5.41 Å². The molecule has 1 aromatic rings. The Kier molecular flexibility index (Phi) is 3.04. The molecule has 2 rings (SSSR count). The van der Waals surface area contributed by atoms with E-state index >= 15 is 0 Å². The van der Waals surface area contributed by atoms with Crippen molar-refractivity contribution < 1.29 is 0 Å². The van der Waals surface area contributed by atoms with E-state index in [4.69, 9.17) is 5.73 Å². The molecule has 1 atom stereocenters. The van der Waals surface area contributed by atoms with Crippen LogP contribution in [-0.2, 0) is 12.0 Å². The van der Waals surface area contributed by atoms with E-state index in [1.165, 1.54) is 5.69 Å². The zero-order valence-corrected chi connectivity index (χ0v) is 10.5. The van der Waals surface area contributed by atoms with Gasteiger partial charge in [0.1, 0.15) is 0 Å². The second-order valence-electron chi connectivity index (χ2n) is 5.81. The van der Waals surface area contributed by atoms with E-state index in [9.17, 15) is 0 Å². The Morgan fingerprint density at radius 1 is 1.56 bits per heavy atom. The van der Waals surface area contributed by atoms with Gasteiger partial charge in [-0.05, 0) is 12.5 Å². The van der Waals surface area contributed by atoms with Gasteiger partial charge in [-0.1, -0.05) is 20.8 Å². The van der Waals surface area contributed by atoms with Gasteiger partial charge in [-0.25, -0.2) is 0 Å². The van der Waals surface area contributed by atoms with Crippen LogP contribution in [0.2, 0.25) is 0 Å². The Balaban J connectivity index is 1.98. The maximum absolute atomic E-state index is 5.89. The van der Waals surface area contributed by atoms with E-state index in [0.29, 0.717) is 6.04 Å². The quantitative estimate of drug-likeness (QED) is 0.791. The van der Waals surface area contributed by atoms with Gasteiger partial charge in [-0.15, -0.1) is 0 Å². The Bertz CT molecular complexity index is 350. The Morgan fingerprint density at radius 2 is 2.31 bits per heavy atom. The number of nitrogens with zero attached hydrogens (tertiary/aromatic N) is 2. The lowest BCUT2D eigenvalue weighted by molar-refractivity contribution is 0.322. The summed E-state index contributed by atoms with van der Waals surface area (Å²) in [5.74, 6) is 0. The molecule has 0 saturated carbocycles. The Hall–Kier alpha value is -0.870. The summed E-state index contributed by atoms with van der Waals surface area (Å²) in [7, 11) is 0. The Morgan fingerprint density at radius 3 is 2.81 bits per heavy atom. The van der Waals surface area contributed by atoms with Crippen LogP contribution in [0, 0.1) is 0 Å². The summed E-state index contributed by atoms with van der Waals surface area (Å²) in [6.45, 7) is 9.59. The summed E-state index contributed by atoms with van der Waals surface area (Å²) in [6.07, 6.45) is 1.11. The van der Waals surface area contributed by atoms with E-state index < -0.39 is 0 Å². The molecule has 0 amide bonds. The zero-order valence-electron chi connectivity index (χ0n) is 10.5. The van der Waals surface area contributed by atoms with Crippen LogP contribution in [0.4, 0.5) is 0 Å². The number of H-pyrrole nitrogens is 1. The van der Waals surface area contributed by atoms with Crippen molar-refractivity contribution in [3.8, 4) is 0 Å². The average molecular weight is 222 g/mol. The molecule has 1 unspecified atom stereocenters. The van der Waals surface area contributed by atoms with Crippen molar-refractivity contribution in [2.45, 2.75) is 45.2 Å². The summed E-state index contributed by atoms with van der Waals surface area (Å²) in [4.78, 5) is 2.38. The van der Waals surface area contributed by atoms with Gasteiger partial charge in [0.05, 0.1) is 5.69 Å². The van der Waals surface area contributed by atoms with E-state index in [2.05, 4.69) is 41.9 Å². The molecule has 2 heterocycles. The van der Waals surface area contributed by atoms with Crippen LogP contribution >= 0.6 is 0 Å².